The van der Waals surface area contributed by atoms with Crippen LogP contribution >= 0.6 is 11.8 Å². The van der Waals surface area contributed by atoms with Crippen LogP contribution in [0.4, 0.5) is 0 Å². The van der Waals surface area contributed by atoms with E-state index in [9.17, 15) is 19.5 Å². The van der Waals surface area contributed by atoms with Gasteiger partial charge < -0.3 is 24.5 Å². The lowest BCUT2D eigenvalue weighted by Gasteiger charge is -2.40. The Morgan fingerprint density at radius 1 is 1.11 bits per heavy atom. The molecule has 2 bridgehead atoms. The van der Waals surface area contributed by atoms with Gasteiger partial charge in [-0.25, -0.2) is 0 Å². The number of nitrogens with zero attached hydrogens (tertiary/aromatic N) is 4. The minimum absolute atomic E-state index is 0.0362. The van der Waals surface area contributed by atoms with Crippen LogP contribution in [0.2, 0.25) is 0 Å². The summed E-state index contributed by atoms with van der Waals surface area (Å²) in [5.74, 6) is -1.24. The van der Waals surface area contributed by atoms with Crippen LogP contribution in [0.25, 0.3) is 0 Å². The zero-order valence-electron chi connectivity index (χ0n) is 26.9. The predicted octanol–water partition coefficient (Wildman–Crippen LogP) is 3.05. The summed E-state index contributed by atoms with van der Waals surface area (Å²) in [5, 5.41) is 10.6. The van der Waals surface area contributed by atoms with Crippen LogP contribution in [0.1, 0.15) is 38.7 Å². The second-order valence-electron chi connectivity index (χ2n) is 13.3. The maximum absolute atomic E-state index is 14.8. The molecule has 246 valence electrons. The first kappa shape index (κ1) is 33.7. The Kier molecular flexibility index (Phi) is 11.1. The molecule has 0 aromatic heterocycles. The summed E-state index contributed by atoms with van der Waals surface area (Å²) in [5.41, 5.74) is 1.02. The Morgan fingerprint density at radius 2 is 1.80 bits per heavy atom. The van der Waals surface area contributed by atoms with E-state index in [1.807, 2.05) is 35.2 Å². The van der Waals surface area contributed by atoms with E-state index in [1.165, 1.54) is 0 Å². The normalized spacial score (nSPS) is 28.3. The number of rotatable bonds is 15. The van der Waals surface area contributed by atoms with E-state index in [4.69, 9.17) is 4.74 Å². The molecule has 1 aromatic rings. The Hall–Kier alpha value is -2.66. The van der Waals surface area contributed by atoms with Gasteiger partial charge in [0, 0.05) is 51.1 Å². The molecule has 4 saturated heterocycles. The van der Waals surface area contributed by atoms with Crippen molar-refractivity contribution in [2.75, 3.05) is 59.1 Å². The van der Waals surface area contributed by atoms with Crippen molar-refractivity contribution < 1.29 is 24.2 Å². The minimum atomic E-state index is -0.745. The van der Waals surface area contributed by atoms with Gasteiger partial charge in [-0.1, -0.05) is 56.3 Å². The van der Waals surface area contributed by atoms with Gasteiger partial charge >= 0.3 is 0 Å². The van der Waals surface area contributed by atoms with Crippen molar-refractivity contribution in [2.24, 2.45) is 17.8 Å². The van der Waals surface area contributed by atoms with E-state index in [-0.39, 0.29) is 35.5 Å². The standard InChI is InChI=1S/C35H50N4O5S/c1-5-14-37(17-16-36-18-20-44-21-19-36)34(43)31-35-13-12-28(45-35)29(30(35)33(42)39(31)27(24-40)22-25(3)4)32(41)38(15-6-2)23-26-10-8-7-9-11-26/h5-11,25,27-31,40H,1-2,12-24H2,3-4H3/t27-,28-,29+,30+,31?,35?/m1/s1. The van der Waals surface area contributed by atoms with E-state index in [0.29, 0.717) is 58.8 Å². The van der Waals surface area contributed by atoms with E-state index < -0.39 is 28.7 Å². The highest BCUT2D eigenvalue weighted by atomic mass is 32.2. The largest absolute Gasteiger partial charge is 0.394 e. The summed E-state index contributed by atoms with van der Waals surface area (Å²) in [6.07, 6.45) is 5.53. The van der Waals surface area contributed by atoms with Gasteiger partial charge in [0.1, 0.15) is 6.04 Å². The molecule has 1 aromatic carbocycles. The molecule has 1 N–H and O–H groups in total. The van der Waals surface area contributed by atoms with Crippen molar-refractivity contribution in [3.05, 3.63) is 61.2 Å². The van der Waals surface area contributed by atoms with Gasteiger partial charge in [0.05, 0.1) is 42.4 Å². The molecule has 0 aliphatic carbocycles. The van der Waals surface area contributed by atoms with Crippen molar-refractivity contribution in [1.29, 1.82) is 0 Å². The van der Waals surface area contributed by atoms with Gasteiger partial charge in [-0.05, 0) is 30.7 Å². The number of aliphatic hydroxyl groups is 1. The highest BCUT2D eigenvalue weighted by molar-refractivity contribution is 8.02. The molecule has 6 atom stereocenters. The number of morpholine rings is 1. The molecule has 10 heteroatoms. The summed E-state index contributed by atoms with van der Waals surface area (Å²) in [6.45, 7) is 17.2. The average Bonchev–Trinajstić information content (AvgIpc) is 3.69. The third-order valence-corrected chi connectivity index (χ3v) is 11.9. The van der Waals surface area contributed by atoms with Crippen LogP contribution in [-0.4, -0.2) is 124 Å². The van der Waals surface area contributed by atoms with Crippen molar-refractivity contribution in [3.8, 4) is 0 Å². The molecular formula is C35H50N4O5S. The fourth-order valence-electron chi connectivity index (χ4n) is 7.98. The molecule has 4 aliphatic heterocycles. The fraction of sp³-hybridized carbons (Fsp3) is 0.629. The first-order valence-corrected chi connectivity index (χ1v) is 17.4. The van der Waals surface area contributed by atoms with Crippen molar-refractivity contribution >= 4 is 29.5 Å². The number of benzene rings is 1. The number of ether oxygens (including phenoxy) is 1. The summed E-state index contributed by atoms with van der Waals surface area (Å²) in [7, 11) is 0. The number of amides is 3. The summed E-state index contributed by atoms with van der Waals surface area (Å²) in [6, 6.07) is 8.63. The average molecular weight is 639 g/mol. The zero-order chi connectivity index (χ0) is 32.1. The minimum Gasteiger partial charge on any atom is -0.394 e. The SMILES string of the molecule is C=CCN(CCN1CCOCC1)C(=O)C1N([C@@H](CO)CC(C)C)C(=O)[C@@H]2[C@@H](C(=O)N(CC=C)Cc3ccccc3)[C@H]3CCC12S3. The molecule has 45 heavy (non-hydrogen) atoms. The maximum Gasteiger partial charge on any atom is 0.247 e. The molecule has 4 fully saturated rings. The van der Waals surface area contributed by atoms with Gasteiger partial charge in [-0.3, -0.25) is 19.3 Å². The molecule has 0 saturated carbocycles. The topological polar surface area (TPSA) is 93.6 Å². The van der Waals surface area contributed by atoms with E-state index in [2.05, 4.69) is 31.9 Å². The van der Waals surface area contributed by atoms with E-state index >= 15 is 0 Å². The number of likely N-dealkylation sites (tertiary alicyclic amines) is 1. The van der Waals surface area contributed by atoms with E-state index in [1.54, 1.807) is 33.7 Å². The number of hydrogen-bond donors (Lipinski definition) is 1. The number of fused-ring (bicyclic) bond motifs is 1. The summed E-state index contributed by atoms with van der Waals surface area (Å²) < 4.78 is 4.79. The molecule has 2 unspecified atom stereocenters. The first-order valence-electron chi connectivity index (χ1n) is 16.5. The number of carbonyl (C=O) groups excluding carboxylic acids is 3. The monoisotopic (exact) mass is 638 g/mol. The van der Waals surface area contributed by atoms with E-state index in [0.717, 1.165) is 25.1 Å². The van der Waals surface area contributed by atoms with Crippen LogP contribution < -0.4 is 0 Å². The van der Waals surface area contributed by atoms with Gasteiger partial charge in [-0.2, -0.15) is 0 Å². The number of carbonyl (C=O) groups is 3. The van der Waals surface area contributed by atoms with Gasteiger partial charge in [0.25, 0.3) is 0 Å². The lowest BCUT2D eigenvalue weighted by Crippen LogP contribution is -2.58. The van der Waals surface area contributed by atoms with Crippen molar-refractivity contribution in [3.63, 3.8) is 0 Å². The molecule has 4 aliphatic rings. The lowest BCUT2D eigenvalue weighted by molar-refractivity contribution is -0.147. The Bertz CT molecular complexity index is 1220. The van der Waals surface area contributed by atoms with Crippen LogP contribution in [0.3, 0.4) is 0 Å². The Labute approximate surface area is 272 Å². The molecule has 3 amide bonds. The van der Waals surface area contributed by atoms with Crippen LogP contribution in [0.15, 0.2) is 55.6 Å². The number of hydrogen-bond acceptors (Lipinski definition) is 7. The Balaban J connectivity index is 1.48. The van der Waals surface area contributed by atoms with Crippen molar-refractivity contribution in [1.82, 2.24) is 19.6 Å². The fourth-order valence-corrected chi connectivity index (χ4v) is 10.2. The second kappa shape index (κ2) is 14.8. The zero-order valence-corrected chi connectivity index (χ0v) is 27.7. The second-order valence-corrected chi connectivity index (χ2v) is 14.9. The van der Waals surface area contributed by atoms with Crippen LogP contribution in [0, 0.1) is 17.8 Å². The quantitative estimate of drug-likeness (QED) is 0.295. The summed E-state index contributed by atoms with van der Waals surface area (Å²) in [4.78, 5) is 51.6. The smallest absolute Gasteiger partial charge is 0.247 e. The third-order valence-electron chi connectivity index (χ3n) is 9.93. The molecular weight excluding hydrogens is 588 g/mol. The number of thioether (sulfide) groups is 1. The molecule has 5 rings (SSSR count). The third kappa shape index (κ3) is 6.75. The Morgan fingerprint density at radius 3 is 2.44 bits per heavy atom. The molecule has 0 radical (unpaired) electrons. The maximum atomic E-state index is 14.8. The molecule has 9 nitrogen and oxygen atoms in total. The summed E-state index contributed by atoms with van der Waals surface area (Å²) >= 11 is 1.68. The van der Waals surface area contributed by atoms with Crippen LogP contribution in [0.5, 0.6) is 0 Å². The van der Waals surface area contributed by atoms with Crippen molar-refractivity contribution in [2.45, 2.75) is 61.7 Å². The number of aliphatic hydroxyl groups excluding tert-OH is 1. The highest BCUT2D eigenvalue weighted by Gasteiger charge is 2.74. The molecule has 1 spiro atoms. The predicted molar refractivity (Wildman–Crippen MR) is 177 cm³/mol. The van der Waals surface area contributed by atoms with Gasteiger partial charge in [0.15, 0.2) is 0 Å². The highest BCUT2D eigenvalue weighted by Crippen LogP contribution is 2.67. The van der Waals surface area contributed by atoms with Gasteiger partial charge in [-0.15, -0.1) is 24.9 Å². The lowest BCUT2D eigenvalue weighted by atomic mass is 9.70. The van der Waals surface area contributed by atoms with Gasteiger partial charge in [0.2, 0.25) is 17.7 Å². The first-order chi connectivity index (χ1) is 21.7. The van der Waals surface area contributed by atoms with Crippen LogP contribution in [-0.2, 0) is 25.7 Å². The molecule has 4 heterocycles.